The maximum atomic E-state index is 10.4. The van der Waals surface area contributed by atoms with E-state index in [1.54, 1.807) is 7.11 Å². The third-order valence-electron chi connectivity index (χ3n) is 5.75. The lowest BCUT2D eigenvalue weighted by Crippen LogP contribution is -2.40. The van der Waals surface area contributed by atoms with Crippen molar-refractivity contribution in [1.29, 1.82) is 0 Å². The second kappa shape index (κ2) is 11.3. The van der Waals surface area contributed by atoms with Gasteiger partial charge >= 0.3 is 0 Å². The van der Waals surface area contributed by atoms with Gasteiger partial charge in [0.25, 0.3) is 0 Å². The largest absolute Gasteiger partial charge is 0.439 e. The first kappa shape index (κ1) is 24.0. The maximum Gasteiger partial charge on any atom is 0.227 e. The summed E-state index contributed by atoms with van der Waals surface area (Å²) in [5.41, 5.74) is 4.05. The van der Waals surface area contributed by atoms with Crippen molar-refractivity contribution in [3.63, 3.8) is 0 Å². The summed E-state index contributed by atoms with van der Waals surface area (Å²) in [6, 6.07) is 18.3. The molecule has 172 valence electrons. The lowest BCUT2D eigenvalue weighted by atomic mass is 10.1. The third kappa shape index (κ3) is 5.97. The molecule has 0 fully saturated rings. The number of nitrogens with zero attached hydrogens (tertiary/aromatic N) is 3. The van der Waals surface area contributed by atoms with Gasteiger partial charge in [-0.3, -0.25) is 4.90 Å². The van der Waals surface area contributed by atoms with E-state index in [4.69, 9.17) is 14.6 Å². The van der Waals surface area contributed by atoms with Crippen molar-refractivity contribution in [2.24, 2.45) is 0 Å². The second-order valence-electron chi connectivity index (χ2n) is 8.33. The summed E-state index contributed by atoms with van der Waals surface area (Å²) in [6.45, 7) is 9.85. The van der Waals surface area contributed by atoms with Crippen molar-refractivity contribution in [2.45, 2.75) is 52.8 Å². The molecule has 0 aliphatic heterocycles. The zero-order valence-corrected chi connectivity index (χ0v) is 19.8. The van der Waals surface area contributed by atoms with Crippen molar-refractivity contribution in [3.05, 3.63) is 71.4 Å². The molecule has 1 N–H and O–H groups in total. The predicted molar refractivity (Wildman–Crippen MR) is 128 cm³/mol. The zero-order valence-electron chi connectivity index (χ0n) is 19.8. The first-order valence-electron chi connectivity index (χ1n) is 11.2. The Labute approximate surface area is 191 Å². The van der Waals surface area contributed by atoms with Crippen molar-refractivity contribution in [2.75, 3.05) is 20.3 Å². The van der Waals surface area contributed by atoms with E-state index in [-0.39, 0.29) is 6.04 Å². The van der Waals surface area contributed by atoms with Crippen molar-refractivity contribution in [3.8, 4) is 17.3 Å². The van der Waals surface area contributed by atoms with E-state index in [2.05, 4.69) is 25.7 Å². The average molecular weight is 438 g/mol. The Morgan fingerprint density at radius 3 is 2.38 bits per heavy atom. The molecule has 1 heterocycles. The van der Waals surface area contributed by atoms with Crippen LogP contribution in [0.15, 0.2) is 54.6 Å². The first-order chi connectivity index (χ1) is 15.4. The topological polar surface area (TPSA) is 59.8 Å². The summed E-state index contributed by atoms with van der Waals surface area (Å²) in [5.74, 6) is 1.47. The predicted octanol–water partition coefficient (Wildman–Crippen LogP) is 4.89. The van der Waals surface area contributed by atoms with Gasteiger partial charge in [0, 0.05) is 26.2 Å². The van der Waals surface area contributed by atoms with E-state index in [1.807, 2.05) is 66.2 Å². The molecule has 6 nitrogen and oxygen atoms in total. The van der Waals surface area contributed by atoms with E-state index in [0.717, 1.165) is 29.1 Å². The molecule has 0 radical (unpaired) electrons. The molecular weight excluding hydrogens is 402 g/mol. The van der Waals surface area contributed by atoms with Crippen LogP contribution in [0.2, 0.25) is 0 Å². The van der Waals surface area contributed by atoms with Gasteiger partial charge in [-0.05, 0) is 51.5 Å². The molecule has 2 aromatic carbocycles. The Morgan fingerprint density at radius 1 is 1.06 bits per heavy atom. The van der Waals surface area contributed by atoms with Crippen LogP contribution >= 0.6 is 0 Å². The number of ether oxygens (including phenoxy) is 2. The van der Waals surface area contributed by atoms with Crippen molar-refractivity contribution < 1.29 is 14.6 Å². The van der Waals surface area contributed by atoms with Gasteiger partial charge in [0.1, 0.15) is 5.75 Å². The summed E-state index contributed by atoms with van der Waals surface area (Å²) in [7, 11) is 1.61. The third-order valence-corrected chi connectivity index (χ3v) is 5.75. The van der Waals surface area contributed by atoms with E-state index in [1.165, 1.54) is 5.56 Å². The minimum absolute atomic E-state index is 0.285. The molecule has 1 aromatic heterocycles. The molecule has 0 spiro atoms. The molecule has 0 unspecified atom stereocenters. The number of aromatic nitrogens is 2. The van der Waals surface area contributed by atoms with Crippen molar-refractivity contribution >= 4 is 0 Å². The van der Waals surface area contributed by atoms with Gasteiger partial charge in [0.15, 0.2) is 0 Å². The lowest BCUT2D eigenvalue weighted by Gasteiger charge is -2.30. The molecule has 3 rings (SSSR count). The highest BCUT2D eigenvalue weighted by molar-refractivity contribution is 5.43. The molecule has 3 aromatic rings. The number of hydrogen-bond donors (Lipinski definition) is 1. The second-order valence-corrected chi connectivity index (χ2v) is 8.33. The van der Waals surface area contributed by atoms with E-state index < -0.39 is 6.10 Å². The number of methoxy groups -OCH3 is 1. The van der Waals surface area contributed by atoms with Crippen LogP contribution < -0.4 is 4.74 Å². The number of benzene rings is 2. The van der Waals surface area contributed by atoms with Gasteiger partial charge < -0.3 is 14.6 Å². The average Bonchev–Trinajstić information content (AvgIpc) is 3.10. The number of aryl methyl sites for hydroxylation is 2. The summed E-state index contributed by atoms with van der Waals surface area (Å²) in [6.07, 6.45) is 0.416. The number of para-hydroxylation sites is 1. The smallest absolute Gasteiger partial charge is 0.227 e. The number of aliphatic hydroxyl groups excluding tert-OH is 1. The van der Waals surface area contributed by atoms with Gasteiger partial charge in [-0.2, -0.15) is 5.10 Å². The number of aliphatic hydroxyl groups is 1. The minimum atomic E-state index is -0.556. The lowest BCUT2D eigenvalue weighted by molar-refractivity contribution is 0.0252. The highest BCUT2D eigenvalue weighted by Gasteiger charge is 2.24. The molecular formula is C26H35N3O3. The molecule has 0 aliphatic rings. The van der Waals surface area contributed by atoms with Gasteiger partial charge in [0.05, 0.1) is 29.7 Å². The fourth-order valence-electron chi connectivity index (χ4n) is 3.66. The maximum absolute atomic E-state index is 10.4. The normalized spacial score (nSPS) is 13.3. The molecule has 0 amide bonds. The monoisotopic (exact) mass is 437 g/mol. The van der Waals surface area contributed by atoms with Gasteiger partial charge in [-0.25, -0.2) is 4.68 Å². The fraction of sp³-hybridized carbons (Fsp3) is 0.423. The molecule has 0 aliphatic carbocycles. The molecule has 6 heteroatoms. The van der Waals surface area contributed by atoms with Crippen LogP contribution in [-0.4, -0.2) is 52.2 Å². The SMILES string of the molecule is CC[C@H](C)N(Cc1c(C)nn(-c2ccccc2)c1Oc1ccc(C)cc1)C[C@@H](O)COC. The van der Waals surface area contributed by atoms with E-state index in [9.17, 15) is 5.11 Å². The number of hydrogen-bond acceptors (Lipinski definition) is 5. The van der Waals surface area contributed by atoms with E-state index >= 15 is 0 Å². The van der Waals surface area contributed by atoms with Gasteiger partial charge in [-0.15, -0.1) is 0 Å². The van der Waals surface area contributed by atoms with Crippen molar-refractivity contribution in [1.82, 2.24) is 14.7 Å². The summed E-state index contributed by atoms with van der Waals surface area (Å²) >= 11 is 0. The highest BCUT2D eigenvalue weighted by Crippen LogP contribution is 2.32. The Bertz CT molecular complexity index is 970. The molecule has 0 saturated heterocycles. The fourth-order valence-corrected chi connectivity index (χ4v) is 3.66. The molecule has 0 saturated carbocycles. The minimum Gasteiger partial charge on any atom is -0.439 e. The van der Waals surface area contributed by atoms with Crippen LogP contribution in [0.3, 0.4) is 0 Å². The number of rotatable bonds is 11. The van der Waals surface area contributed by atoms with Gasteiger partial charge in [-0.1, -0.05) is 42.8 Å². The Balaban J connectivity index is 2.01. The van der Waals surface area contributed by atoms with Crippen LogP contribution in [0.5, 0.6) is 11.6 Å². The summed E-state index contributed by atoms with van der Waals surface area (Å²) in [4.78, 5) is 2.27. The first-order valence-corrected chi connectivity index (χ1v) is 11.2. The van der Waals surface area contributed by atoms with Crippen LogP contribution in [0.4, 0.5) is 0 Å². The van der Waals surface area contributed by atoms with Crippen LogP contribution in [0.1, 0.15) is 37.1 Å². The zero-order chi connectivity index (χ0) is 23.1. The van der Waals surface area contributed by atoms with Crippen LogP contribution in [0.25, 0.3) is 5.69 Å². The summed E-state index contributed by atoms with van der Waals surface area (Å²) < 4.78 is 13.4. The van der Waals surface area contributed by atoms with E-state index in [0.29, 0.717) is 25.6 Å². The Kier molecular flexibility index (Phi) is 8.45. The highest BCUT2D eigenvalue weighted by atomic mass is 16.5. The van der Waals surface area contributed by atoms with Crippen LogP contribution in [-0.2, 0) is 11.3 Å². The van der Waals surface area contributed by atoms with Crippen LogP contribution in [0, 0.1) is 13.8 Å². The molecule has 0 bridgehead atoms. The van der Waals surface area contributed by atoms with Gasteiger partial charge in [0.2, 0.25) is 5.88 Å². The Hall–Kier alpha value is -2.67. The molecule has 32 heavy (non-hydrogen) atoms. The summed E-state index contributed by atoms with van der Waals surface area (Å²) in [5, 5.41) is 15.2. The quantitative estimate of drug-likeness (QED) is 0.463. The Morgan fingerprint density at radius 2 is 1.75 bits per heavy atom. The standard InChI is InChI=1S/C26H35N3O3/c1-6-20(3)28(16-23(30)18-31-5)17-25-21(4)27-29(22-10-8-7-9-11-22)26(25)32-24-14-12-19(2)13-15-24/h7-15,20,23,30H,6,16-18H2,1-5H3/t20-,23+/m0/s1. The molecule has 2 atom stereocenters.